The van der Waals surface area contributed by atoms with Gasteiger partial charge in [0.2, 0.25) is 11.8 Å². The van der Waals surface area contributed by atoms with Crippen LogP contribution in [0.3, 0.4) is 0 Å². The van der Waals surface area contributed by atoms with E-state index in [0.29, 0.717) is 0 Å². The first-order valence-electron chi connectivity index (χ1n) is 6.12. The van der Waals surface area contributed by atoms with E-state index in [1.807, 2.05) is 19.1 Å². The Morgan fingerprint density at radius 2 is 2.18 bits per heavy atom. The number of thiophene rings is 1. The summed E-state index contributed by atoms with van der Waals surface area (Å²) in [6.45, 7) is 1.91. The number of fused-ring (bicyclic) bond motifs is 1. The molecular weight excluding hydrogens is 372 g/mol. The SMILES string of the molecule is Cc1sc([C@H]2C(C#N)=C(N)Oc3[nH]c(=O)[nH]c(=O)c32)cc1Br. The zero-order chi connectivity index (χ0) is 16.0. The number of hydrogen-bond donors (Lipinski definition) is 3. The van der Waals surface area contributed by atoms with Gasteiger partial charge in [0.25, 0.3) is 5.56 Å². The molecule has 3 heterocycles. The van der Waals surface area contributed by atoms with Gasteiger partial charge >= 0.3 is 5.69 Å². The summed E-state index contributed by atoms with van der Waals surface area (Å²) in [4.78, 5) is 29.9. The van der Waals surface area contributed by atoms with Crippen molar-refractivity contribution < 1.29 is 4.74 Å². The molecule has 1 aliphatic rings. The first-order valence-corrected chi connectivity index (χ1v) is 7.73. The summed E-state index contributed by atoms with van der Waals surface area (Å²) in [6, 6.07) is 3.82. The minimum absolute atomic E-state index is 0.0302. The number of hydrogen-bond acceptors (Lipinski definition) is 6. The molecule has 0 unspecified atom stereocenters. The maximum atomic E-state index is 12.2. The van der Waals surface area contributed by atoms with Crippen LogP contribution in [-0.2, 0) is 0 Å². The standard InChI is InChI=1S/C13H9BrN4O3S/c1-4-6(14)2-7(22-4)8-5(3-15)10(16)21-12-9(8)11(19)17-13(20)18-12/h2,8H,16H2,1H3,(H2,17,18,19,20)/t8-/m1/s1. The Hall–Kier alpha value is -2.31. The van der Waals surface area contributed by atoms with E-state index < -0.39 is 17.2 Å². The Morgan fingerprint density at radius 3 is 2.77 bits per heavy atom. The highest BCUT2D eigenvalue weighted by molar-refractivity contribution is 9.10. The van der Waals surface area contributed by atoms with Crippen LogP contribution in [0.25, 0.3) is 0 Å². The van der Waals surface area contributed by atoms with E-state index in [2.05, 4.69) is 25.9 Å². The molecule has 2 aromatic heterocycles. The molecule has 7 nitrogen and oxygen atoms in total. The van der Waals surface area contributed by atoms with Gasteiger partial charge in [-0.2, -0.15) is 5.26 Å². The first kappa shape index (κ1) is 14.6. The second-order valence-electron chi connectivity index (χ2n) is 4.63. The van der Waals surface area contributed by atoms with Crippen LogP contribution in [0.1, 0.15) is 21.2 Å². The second-order valence-corrected chi connectivity index (χ2v) is 6.77. The number of allylic oxidation sites excluding steroid dienone is 1. The summed E-state index contributed by atoms with van der Waals surface area (Å²) in [5, 5.41) is 9.38. The van der Waals surface area contributed by atoms with E-state index in [0.717, 1.165) is 14.2 Å². The van der Waals surface area contributed by atoms with Crippen molar-refractivity contribution in [3.05, 3.63) is 58.2 Å². The Bertz CT molecular complexity index is 943. The quantitative estimate of drug-likeness (QED) is 0.689. The molecule has 0 bridgehead atoms. The smallest absolute Gasteiger partial charge is 0.328 e. The Balaban J connectivity index is 2.34. The molecule has 0 radical (unpaired) electrons. The molecule has 9 heteroatoms. The molecule has 1 atom stereocenters. The fraction of sp³-hybridized carbons (Fsp3) is 0.154. The van der Waals surface area contributed by atoms with Crippen molar-refractivity contribution in [1.82, 2.24) is 9.97 Å². The second kappa shape index (κ2) is 5.15. The van der Waals surface area contributed by atoms with Gasteiger partial charge in [-0.3, -0.25) is 14.8 Å². The minimum Gasteiger partial charge on any atom is -0.424 e. The van der Waals surface area contributed by atoms with Gasteiger partial charge in [-0.1, -0.05) is 0 Å². The molecule has 22 heavy (non-hydrogen) atoms. The van der Waals surface area contributed by atoms with Crippen molar-refractivity contribution in [2.75, 3.05) is 0 Å². The number of rotatable bonds is 1. The summed E-state index contributed by atoms with van der Waals surface area (Å²) < 4.78 is 6.11. The zero-order valence-corrected chi connectivity index (χ0v) is 13.6. The van der Waals surface area contributed by atoms with Crippen molar-refractivity contribution in [3.63, 3.8) is 0 Å². The Kier molecular flexibility index (Phi) is 3.42. The monoisotopic (exact) mass is 380 g/mol. The van der Waals surface area contributed by atoms with Crippen LogP contribution in [0.4, 0.5) is 0 Å². The number of nitriles is 1. The van der Waals surface area contributed by atoms with Crippen LogP contribution < -0.4 is 21.7 Å². The summed E-state index contributed by atoms with van der Waals surface area (Å²) in [5.74, 6) is -0.829. The van der Waals surface area contributed by atoms with Crippen molar-refractivity contribution in [2.24, 2.45) is 5.73 Å². The number of nitrogens with two attached hydrogens (primary N) is 1. The normalized spacial score (nSPS) is 16.9. The minimum atomic E-state index is -0.695. The van der Waals surface area contributed by atoms with Crippen LogP contribution in [0.2, 0.25) is 0 Å². The van der Waals surface area contributed by atoms with Crippen LogP contribution in [0.15, 0.2) is 31.6 Å². The third kappa shape index (κ3) is 2.17. The number of halogens is 1. The van der Waals surface area contributed by atoms with E-state index in [1.54, 1.807) is 0 Å². The molecule has 1 aliphatic heterocycles. The lowest BCUT2D eigenvalue weighted by Crippen LogP contribution is -2.33. The fourth-order valence-corrected chi connectivity index (χ4v) is 3.98. The Morgan fingerprint density at radius 1 is 1.45 bits per heavy atom. The van der Waals surface area contributed by atoms with Crippen molar-refractivity contribution in [2.45, 2.75) is 12.8 Å². The van der Waals surface area contributed by atoms with E-state index in [9.17, 15) is 14.9 Å². The Labute approximate surface area is 136 Å². The molecule has 0 saturated carbocycles. The molecule has 0 saturated heterocycles. The van der Waals surface area contributed by atoms with E-state index in [1.165, 1.54) is 11.3 Å². The van der Waals surface area contributed by atoms with Crippen molar-refractivity contribution in [3.8, 4) is 11.9 Å². The molecular formula is C13H9BrN4O3S. The fourth-order valence-electron chi connectivity index (χ4n) is 2.30. The largest absolute Gasteiger partial charge is 0.424 e. The molecule has 0 spiro atoms. The summed E-state index contributed by atoms with van der Waals surface area (Å²) >= 11 is 4.85. The highest BCUT2D eigenvalue weighted by Crippen LogP contribution is 2.42. The summed E-state index contributed by atoms with van der Waals surface area (Å²) in [7, 11) is 0. The maximum Gasteiger partial charge on any atom is 0.328 e. The predicted molar refractivity (Wildman–Crippen MR) is 83.7 cm³/mol. The van der Waals surface area contributed by atoms with Gasteiger partial charge in [0.05, 0.1) is 11.5 Å². The lowest BCUT2D eigenvalue weighted by atomic mass is 9.90. The van der Waals surface area contributed by atoms with Gasteiger partial charge in [0.1, 0.15) is 11.6 Å². The lowest BCUT2D eigenvalue weighted by Gasteiger charge is -2.23. The third-order valence-corrected chi connectivity index (χ3v) is 5.48. The number of nitrogens with zero attached hydrogens (tertiary/aromatic N) is 1. The van der Waals surface area contributed by atoms with E-state index in [4.69, 9.17) is 10.5 Å². The van der Waals surface area contributed by atoms with Gasteiger partial charge in [-0.25, -0.2) is 4.79 Å². The summed E-state index contributed by atoms with van der Waals surface area (Å²) in [6.07, 6.45) is 0. The molecule has 4 N–H and O–H groups in total. The highest BCUT2D eigenvalue weighted by atomic mass is 79.9. The number of aromatic nitrogens is 2. The van der Waals surface area contributed by atoms with Crippen LogP contribution in [0, 0.1) is 18.3 Å². The number of nitrogens with one attached hydrogen (secondary N) is 2. The van der Waals surface area contributed by atoms with E-state index >= 15 is 0 Å². The van der Waals surface area contributed by atoms with Gasteiger partial charge in [-0.05, 0) is 28.9 Å². The first-order chi connectivity index (χ1) is 10.4. The number of ether oxygens (including phenoxy) is 1. The van der Waals surface area contributed by atoms with Gasteiger partial charge < -0.3 is 10.5 Å². The average molecular weight is 381 g/mol. The lowest BCUT2D eigenvalue weighted by molar-refractivity contribution is 0.374. The molecule has 0 aromatic carbocycles. The number of H-pyrrole nitrogens is 2. The number of aryl methyl sites for hydroxylation is 1. The average Bonchev–Trinajstić information content (AvgIpc) is 2.76. The summed E-state index contributed by atoms with van der Waals surface area (Å²) in [5.41, 5.74) is 4.77. The molecule has 112 valence electrons. The molecule has 0 fully saturated rings. The van der Waals surface area contributed by atoms with E-state index in [-0.39, 0.29) is 22.9 Å². The van der Waals surface area contributed by atoms with Crippen LogP contribution >= 0.6 is 27.3 Å². The highest BCUT2D eigenvalue weighted by Gasteiger charge is 2.35. The van der Waals surface area contributed by atoms with Crippen molar-refractivity contribution >= 4 is 27.3 Å². The van der Waals surface area contributed by atoms with Gasteiger partial charge in [-0.15, -0.1) is 11.3 Å². The van der Waals surface area contributed by atoms with Crippen LogP contribution in [0.5, 0.6) is 5.88 Å². The maximum absolute atomic E-state index is 12.2. The third-order valence-electron chi connectivity index (χ3n) is 3.28. The predicted octanol–water partition coefficient (Wildman–Crippen LogP) is 1.41. The van der Waals surface area contributed by atoms with Gasteiger partial charge in [0.15, 0.2) is 0 Å². The number of aromatic amines is 2. The molecule has 2 aromatic rings. The van der Waals surface area contributed by atoms with Crippen molar-refractivity contribution in [1.29, 1.82) is 5.26 Å². The van der Waals surface area contributed by atoms with Gasteiger partial charge in [0, 0.05) is 14.2 Å². The molecule has 0 aliphatic carbocycles. The topological polar surface area (TPSA) is 125 Å². The molecule has 0 amide bonds. The zero-order valence-electron chi connectivity index (χ0n) is 11.2. The van der Waals surface area contributed by atoms with Crippen LogP contribution in [-0.4, -0.2) is 9.97 Å². The molecule has 3 rings (SSSR count).